The van der Waals surface area contributed by atoms with E-state index in [4.69, 9.17) is 9.47 Å². The molecule has 0 aliphatic carbocycles. The van der Waals surface area contributed by atoms with Gasteiger partial charge in [0.25, 0.3) is 5.69 Å². The molecule has 0 saturated carbocycles. The molecule has 1 saturated heterocycles. The Bertz CT molecular complexity index is 458. The first kappa shape index (κ1) is 13.0. The minimum Gasteiger partial charge on any atom is -0.348 e. The predicted molar refractivity (Wildman–Crippen MR) is 66.1 cm³/mol. The van der Waals surface area contributed by atoms with Crippen LogP contribution in [0.3, 0.4) is 0 Å². The smallest absolute Gasteiger partial charge is 0.269 e. The number of nitro groups is 1. The molecule has 1 aromatic rings. The molecule has 5 heteroatoms. The van der Waals surface area contributed by atoms with Gasteiger partial charge in [-0.15, -0.1) is 0 Å². The summed E-state index contributed by atoms with van der Waals surface area (Å²) in [5.41, 5.74) is 0.695. The lowest BCUT2D eigenvalue weighted by Crippen LogP contribution is -2.40. The molecule has 1 fully saturated rings. The fraction of sp³-hybridized carbons (Fsp3) is 0.538. The van der Waals surface area contributed by atoms with Crippen molar-refractivity contribution in [1.82, 2.24) is 0 Å². The van der Waals surface area contributed by atoms with Crippen LogP contribution >= 0.6 is 0 Å². The summed E-state index contributed by atoms with van der Waals surface area (Å²) in [6.07, 6.45) is -0.483. The maximum Gasteiger partial charge on any atom is 0.269 e. The molecule has 18 heavy (non-hydrogen) atoms. The molecule has 0 aromatic heterocycles. The molecule has 1 aliphatic rings. The quantitative estimate of drug-likeness (QED) is 0.598. The summed E-state index contributed by atoms with van der Waals surface area (Å²) in [5.74, 6) is 0. The van der Waals surface area contributed by atoms with Crippen molar-refractivity contribution in [2.24, 2.45) is 5.41 Å². The third-order valence-electron chi connectivity index (χ3n) is 3.39. The Kier molecular flexibility index (Phi) is 3.36. The van der Waals surface area contributed by atoms with Crippen LogP contribution < -0.4 is 0 Å². The molecule has 0 amide bonds. The highest BCUT2D eigenvalue weighted by molar-refractivity contribution is 5.34. The first-order chi connectivity index (χ1) is 8.40. The minimum atomic E-state index is -0.520. The second kappa shape index (κ2) is 4.66. The number of benzene rings is 1. The average molecular weight is 251 g/mol. The van der Waals surface area contributed by atoms with Gasteiger partial charge in [-0.25, -0.2) is 0 Å². The number of nitro benzene ring substituents is 1. The van der Waals surface area contributed by atoms with Gasteiger partial charge in [-0.3, -0.25) is 10.1 Å². The number of hydrogen-bond donors (Lipinski definition) is 0. The van der Waals surface area contributed by atoms with E-state index < -0.39 is 11.2 Å². The van der Waals surface area contributed by atoms with Gasteiger partial charge in [0.15, 0.2) is 6.29 Å². The first-order valence-corrected chi connectivity index (χ1v) is 5.91. The van der Waals surface area contributed by atoms with Gasteiger partial charge in [0, 0.05) is 23.1 Å². The summed E-state index contributed by atoms with van der Waals surface area (Å²) in [6.45, 7) is 6.71. The van der Waals surface area contributed by atoms with E-state index in [-0.39, 0.29) is 17.2 Å². The largest absolute Gasteiger partial charge is 0.348 e. The highest BCUT2D eigenvalue weighted by Gasteiger charge is 2.36. The van der Waals surface area contributed by atoms with E-state index in [0.717, 1.165) is 0 Å². The maximum absolute atomic E-state index is 10.7. The van der Waals surface area contributed by atoms with Crippen molar-refractivity contribution in [3.8, 4) is 0 Å². The molecule has 1 aromatic carbocycles. The molecule has 0 bridgehead atoms. The van der Waals surface area contributed by atoms with Gasteiger partial charge in [-0.05, 0) is 6.92 Å². The van der Waals surface area contributed by atoms with E-state index in [2.05, 4.69) is 13.8 Å². The zero-order valence-electron chi connectivity index (χ0n) is 10.8. The summed E-state index contributed by atoms with van der Waals surface area (Å²) in [7, 11) is 0. The third kappa shape index (κ3) is 2.52. The van der Waals surface area contributed by atoms with Crippen LogP contribution in [0, 0.1) is 15.5 Å². The van der Waals surface area contributed by atoms with Crippen LogP contribution in [0.15, 0.2) is 24.3 Å². The highest BCUT2D eigenvalue weighted by Crippen LogP contribution is 2.36. The van der Waals surface area contributed by atoms with Crippen molar-refractivity contribution in [2.75, 3.05) is 6.61 Å². The number of hydrogen-bond acceptors (Lipinski definition) is 4. The summed E-state index contributed by atoms with van der Waals surface area (Å²) in [5, 5.41) is 10.7. The Morgan fingerprint density at radius 2 is 2.17 bits per heavy atom. The molecule has 98 valence electrons. The maximum atomic E-state index is 10.7. The number of non-ortho nitro benzene ring substituents is 1. The van der Waals surface area contributed by atoms with E-state index in [1.165, 1.54) is 12.1 Å². The normalized spacial score (nSPS) is 26.8. The molecule has 0 radical (unpaired) electrons. The Balaban J connectivity index is 2.18. The van der Waals surface area contributed by atoms with E-state index in [1.54, 1.807) is 12.1 Å². The topological polar surface area (TPSA) is 61.6 Å². The Labute approximate surface area is 106 Å². The highest BCUT2D eigenvalue weighted by atomic mass is 16.7. The van der Waals surface area contributed by atoms with E-state index in [1.807, 2.05) is 6.92 Å². The van der Waals surface area contributed by atoms with E-state index in [0.29, 0.717) is 12.2 Å². The summed E-state index contributed by atoms with van der Waals surface area (Å²) in [4.78, 5) is 10.3. The predicted octanol–water partition coefficient (Wildman–Crippen LogP) is 3.05. The SMILES string of the molecule is C[C@@H]1O[C@H](c2cccc([N+](=O)[O-])c2)OCC1(C)C. The van der Waals surface area contributed by atoms with Crippen molar-refractivity contribution in [3.63, 3.8) is 0 Å². The molecule has 2 atom stereocenters. The van der Waals surface area contributed by atoms with Crippen LogP contribution in [0.4, 0.5) is 5.69 Å². The molecule has 0 spiro atoms. The van der Waals surface area contributed by atoms with Gasteiger partial charge in [-0.1, -0.05) is 26.0 Å². The molecular weight excluding hydrogens is 234 g/mol. The molecule has 1 heterocycles. The Morgan fingerprint density at radius 3 is 2.78 bits per heavy atom. The van der Waals surface area contributed by atoms with Gasteiger partial charge in [0.2, 0.25) is 0 Å². The zero-order valence-corrected chi connectivity index (χ0v) is 10.8. The van der Waals surface area contributed by atoms with Crippen LogP contribution in [-0.2, 0) is 9.47 Å². The monoisotopic (exact) mass is 251 g/mol. The summed E-state index contributed by atoms with van der Waals surface area (Å²) < 4.78 is 11.4. The van der Waals surface area contributed by atoms with Crippen LogP contribution in [0.25, 0.3) is 0 Å². The third-order valence-corrected chi connectivity index (χ3v) is 3.39. The minimum absolute atomic E-state index is 0.0375. The molecule has 2 rings (SSSR count). The van der Waals surface area contributed by atoms with Crippen molar-refractivity contribution in [3.05, 3.63) is 39.9 Å². The molecular formula is C13H17NO4. The van der Waals surface area contributed by atoms with Crippen LogP contribution in [0.5, 0.6) is 0 Å². The molecule has 0 N–H and O–H groups in total. The van der Waals surface area contributed by atoms with Crippen LogP contribution in [0.1, 0.15) is 32.6 Å². The van der Waals surface area contributed by atoms with Crippen molar-refractivity contribution in [1.29, 1.82) is 0 Å². The lowest BCUT2D eigenvalue weighted by Gasteiger charge is -2.40. The van der Waals surface area contributed by atoms with Gasteiger partial charge in [0.05, 0.1) is 17.6 Å². The van der Waals surface area contributed by atoms with Gasteiger partial charge >= 0.3 is 0 Å². The van der Waals surface area contributed by atoms with Gasteiger partial charge in [0.1, 0.15) is 0 Å². The summed E-state index contributed by atoms with van der Waals surface area (Å²) >= 11 is 0. The zero-order chi connectivity index (χ0) is 13.3. The van der Waals surface area contributed by atoms with Crippen molar-refractivity contribution < 1.29 is 14.4 Å². The standard InChI is InChI=1S/C13H17NO4/c1-9-13(2,3)8-17-12(18-9)10-5-4-6-11(7-10)14(15)16/h4-7,9,12H,8H2,1-3H3/t9-,12+/m0/s1. The fourth-order valence-corrected chi connectivity index (χ4v) is 1.78. The number of rotatable bonds is 2. The fourth-order valence-electron chi connectivity index (χ4n) is 1.78. The molecule has 5 nitrogen and oxygen atoms in total. The Hall–Kier alpha value is -1.46. The summed E-state index contributed by atoms with van der Waals surface area (Å²) in [6, 6.07) is 6.38. The first-order valence-electron chi connectivity index (χ1n) is 5.91. The van der Waals surface area contributed by atoms with Crippen molar-refractivity contribution in [2.45, 2.75) is 33.2 Å². The van der Waals surface area contributed by atoms with Crippen LogP contribution in [-0.4, -0.2) is 17.6 Å². The van der Waals surface area contributed by atoms with E-state index >= 15 is 0 Å². The van der Waals surface area contributed by atoms with Crippen LogP contribution in [0.2, 0.25) is 0 Å². The molecule has 0 unspecified atom stereocenters. The van der Waals surface area contributed by atoms with Crippen molar-refractivity contribution >= 4 is 5.69 Å². The average Bonchev–Trinajstić information content (AvgIpc) is 2.33. The van der Waals surface area contributed by atoms with E-state index in [9.17, 15) is 10.1 Å². The number of ether oxygens (including phenoxy) is 2. The number of nitrogens with zero attached hydrogens (tertiary/aromatic N) is 1. The Morgan fingerprint density at radius 1 is 1.44 bits per heavy atom. The lowest BCUT2D eigenvalue weighted by molar-refractivity contribution is -0.385. The van der Waals surface area contributed by atoms with Gasteiger partial charge < -0.3 is 9.47 Å². The second-order valence-corrected chi connectivity index (χ2v) is 5.26. The second-order valence-electron chi connectivity index (χ2n) is 5.26. The van der Waals surface area contributed by atoms with Gasteiger partial charge in [-0.2, -0.15) is 0 Å². The molecule has 1 aliphatic heterocycles. The lowest BCUT2D eigenvalue weighted by atomic mass is 9.87.